The Labute approximate surface area is 170 Å². The van der Waals surface area contributed by atoms with Gasteiger partial charge in [-0.25, -0.2) is 4.85 Å². The molecule has 6 heteroatoms. The van der Waals surface area contributed by atoms with Gasteiger partial charge < -0.3 is 4.90 Å². The third kappa shape index (κ3) is 3.30. The van der Waals surface area contributed by atoms with Gasteiger partial charge in [0.15, 0.2) is 10.8 Å². The molecule has 0 aromatic heterocycles. The summed E-state index contributed by atoms with van der Waals surface area (Å²) in [6, 6.07) is 12.8. The molecule has 2 aromatic rings. The zero-order chi connectivity index (χ0) is 20.6. The highest BCUT2D eigenvalue weighted by Crippen LogP contribution is 2.37. The van der Waals surface area contributed by atoms with Crippen molar-refractivity contribution in [2.45, 2.75) is 39.7 Å². The number of hydrogen-bond acceptors (Lipinski definition) is 3. The van der Waals surface area contributed by atoms with E-state index < -0.39 is 5.54 Å². The second-order valence-corrected chi connectivity index (χ2v) is 7.81. The fourth-order valence-electron chi connectivity index (χ4n) is 3.41. The first-order valence-electron chi connectivity index (χ1n) is 8.92. The second kappa shape index (κ2) is 7.17. The van der Waals surface area contributed by atoms with Gasteiger partial charge >= 0.3 is 0 Å². The summed E-state index contributed by atoms with van der Waals surface area (Å²) >= 11 is 5.68. The van der Waals surface area contributed by atoms with Crippen molar-refractivity contribution in [2.24, 2.45) is 0 Å². The molecule has 5 nitrogen and oxygen atoms in total. The molecule has 0 atom stereocenters. The molecule has 1 saturated heterocycles. The molecule has 28 heavy (non-hydrogen) atoms. The molecule has 1 aliphatic rings. The minimum atomic E-state index is -0.856. The highest BCUT2D eigenvalue weighted by atomic mass is 32.1. The molecule has 0 unspecified atom stereocenters. The highest BCUT2D eigenvalue weighted by Gasteiger charge is 2.50. The third-order valence-corrected chi connectivity index (χ3v) is 5.24. The molecule has 1 fully saturated rings. The van der Waals surface area contributed by atoms with Gasteiger partial charge in [-0.15, -0.1) is 0 Å². The van der Waals surface area contributed by atoms with Gasteiger partial charge in [-0.05, 0) is 75.3 Å². The van der Waals surface area contributed by atoms with E-state index in [-0.39, 0.29) is 11.7 Å². The maximum Gasteiger partial charge on any atom is 0.259 e. The molecule has 0 bridgehead atoms. The summed E-state index contributed by atoms with van der Waals surface area (Å²) in [5.74, 6) is -0.0235. The summed E-state index contributed by atoms with van der Waals surface area (Å²) in [7, 11) is 0. The fourth-order valence-corrected chi connectivity index (χ4v) is 3.93. The molecular formula is C22H21N3O2S. The summed E-state index contributed by atoms with van der Waals surface area (Å²) < 4.78 is 0. The van der Waals surface area contributed by atoms with Gasteiger partial charge in [0.25, 0.3) is 5.91 Å². The summed E-state index contributed by atoms with van der Waals surface area (Å²) in [6.45, 7) is 14.3. The lowest BCUT2D eigenvalue weighted by Gasteiger charge is -2.29. The zero-order valence-corrected chi connectivity index (χ0v) is 17.1. The van der Waals surface area contributed by atoms with Crippen molar-refractivity contribution in [3.05, 3.63) is 65.0 Å². The first kappa shape index (κ1) is 19.7. The van der Waals surface area contributed by atoms with E-state index in [0.717, 1.165) is 16.8 Å². The van der Waals surface area contributed by atoms with Crippen LogP contribution in [0.15, 0.2) is 42.5 Å². The normalized spacial score (nSPS) is 15.7. The Hall–Kier alpha value is -3.04. The van der Waals surface area contributed by atoms with Crippen molar-refractivity contribution in [1.82, 2.24) is 0 Å². The average Bonchev–Trinajstić information content (AvgIpc) is 2.80. The van der Waals surface area contributed by atoms with Crippen LogP contribution in [0.2, 0.25) is 0 Å². The van der Waals surface area contributed by atoms with Gasteiger partial charge in [-0.3, -0.25) is 14.5 Å². The number of benzene rings is 2. The van der Waals surface area contributed by atoms with Crippen LogP contribution in [0, 0.1) is 13.5 Å². The zero-order valence-electron chi connectivity index (χ0n) is 16.3. The lowest BCUT2D eigenvalue weighted by atomic mass is 10.0. The molecule has 0 spiro atoms. The first-order valence-corrected chi connectivity index (χ1v) is 9.33. The Morgan fingerprint density at radius 3 is 2.29 bits per heavy atom. The van der Waals surface area contributed by atoms with Crippen LogP contribution in [0.4, 0.5) is 17.1 Å². The fraction of sp³-hybridized carbons (Fsp3) is 0.273. The molecule has 0 radical (unpaired) electrons. The van der Waals surface area contributed by atoms with Crippen LogP contribution in [0.5, 0.6) is 0 Å². The van der Waals surface area contributed by atoms with Crippen LogP contribution < -0.4 is 9.80 Å². The summed E-state index contributed by atoms with van der Waals surface area (Å²) in [6.07, 6.45) is 0.381. The Morgan fingerprint density at radius 1 is 1.14 bits per heavy atom. The molecule has 1 amide bonds. The molecular weight excluding hydrogens is 370 g/mol. The average molecular weight is 391 g/mol. The van der Waals surface area contributed by atoms with Gasteiger partial charge in [-0.1, -0.05) is 18.2 Å². The van der Waals surface area contributed by atoms with Crippen LogP contribution in [-0.4, -0.2) is 22.3 Å². The molecule has 142 valence electrons. The molecule has 1 aliphatic heterocycles. The largest absolute Gasteiger partial charge is 0.304 e. The number of amides is 1. The van der Waals surface area contributed by atoms with E-state index in [4.69, 9.17) is 18.8 Å². The van der Waals surface area contributed by atoms with Gasteiger partial charge in [0.1, 0.15) is 11.3 Å². The minimum Gasteiger partial charge on any atom is -0.304 e. The number of carbonyl (C=O) groups excluding carboxylic acids is 2. The van der Waals surface area contributed by atoms with E-state index in [1.165, 1.54) is 4.90 Å². The number of rotatable bonds is 4. The molecule has 0 saturated carbocycles. The van der Waals surface area contributed by atoms with Crippen molar-refractivity contribution < 1.29 is 9.59 Å². The first-order chi connectivity index (χ1) is 13.2. The molecule has 3 rings (SSSR count). The van der Waals surface area contributed by atoms with Crippen LogP contribution >= 0.6 is 12.2 Å². The molecule has 0 N–H and O–H groups in total. The predicted molar refractivity (Wildman–Crippen MR) is 115 cm³/mol. The van der Waals surface area contributed by atoms with E-state index in [1.54, 1.807) is 19.1 Å². The standard InChI is InChI=1S/C22H21N3O2S/c1-14-12-18(10-11-19(14)23-5)24-20(27)22(3,4)25(21(24)28)17-8-6-16(7-9-17)13-15(2)26/h6-12H,13H2,1-4H3. The van der Waals surface area contributed by atoms with E-state index in [0.29, 0.717) is 22.9 Å². The van der Waals surface area contributed by atoms with Crippen LogP contribution in [0.25, 0.3) is 4.85 Å². The second-order valence-electron chi connectivity index (χ2n) is 7.45. The smallest absolute Gasteiger partial charge is 0.259 e. The van der Waals surface area contributed by atoms with E-state index in [1.807, 2.05) is 56.0 Å². The van der Waals surface area contributed by atoms with Crippen molar-refractivity contribution in [3.8, 4) is 0 Å². The SMILES string of the molecule is [C-]#[N+]c1ccc(N2C(=O)C(C)(C)N(c3ccc(CC(C)=O)cc3)C2=S)cc1C. The van der Waals surface area contributed by atoms with Gasteiger partial charge in [0.05, 0.1) is 6.57 Å². The van der Waals surface area contributed by atoms with Gasteiger partial charge in [-0.2, -0.15) is 0 Å². The lowest BCUT2D eigenvalue weighted by Crippen LogP contribution is -2.44. The number of aryl methyl sites for hydroxylation is 1. The molecule has 1 heterocycles. The lowest BCUT2D eigenvalue weighted by molar-refractivity contribution is -0.120. The number of thiocarbonyl (C=S) groups is 1. The van der Waals surface area contributed by atoms with E-state index in [9.17, 15) is 9.59 Å². The number of nitrogens with zero attached hydrogens (tertiary/aromatic N) is 3. The van der Waals surface area contributed by atoms with Crippen molar-refractivity contribution in [3.63, 3.8) is 0 Å². The number of carbonyl (C=O) groups is 2. The summed E-state index contributed by atoms with van der Waals surface area (Å²) in [5, 5.41) is 0.393. The van der Waals surface area contributed by atoms with Crippen molar-refractivity contribution >= 4 is 46.1 Å². The number of hydrogen-bond donors (Lipinski definition) is 0. The number of Topliss-reactive ketones (excluding diaryl/α,β-unsaturated/α-hetero) is 1. The van der Waals surface area contributed by atoms with E-state index >= 15 is 0 Å². The topological polar surface area (TPSA) is 45.0 Å². The molecule has 0 aliphatic carbocycles. The monoisotopic (exact) mass is 391 g/mol. The number of ketones is 1. The predicted octanol–water partition coefficient (Wildman–Crippen LogP) is 4.59. The Kier molecular flexibility index (Phi) is 5.05. The molecule has 2 aromatic carbocycles. The summed E-state index contributed by atoms with van der Waals surface area (Å²) in [5.41, 5.74) is 2.88. The van der Waals surface area contributed by atoms with Crippen molar-refractivity contribution in [1.29, 1.82) is 0 Å². The third-order valence-electron chi connectivity index (χ3n) is 4.87. The minimum absolute atomic E-state index is 0.101. The van der Waals surface area contributed by atoms with Crippen LogP contribution in [0.3, 0.4) is 0 Å². The summed E-state index contributed by atoms with van der Waals surface area (Å²) in [4.78, 5) is 31.4. The maximum atomic E-state index is 13.2. The number of anilines is 2. The Balaban J connectivity index is 1.99. The van der Waals surface area contributed by atoms with Crippen molar-refractivity contribution in [2.75, 3.05) is 9.80 Å². The quantitative estimate of drug-likeness (QED) is 0.565. The van der Waals surface area contributed by atoms with E-state index in [2.05, 4.69) is 4.85 Å². The van der Waals surface area contributed by atoms with Gasteiger partial charge in [0.2, 0.25) is 0 Å². The highest BCUT2D eigenvalue weighted by molar-refractivity contribution is 7.81. The maximum absolute atomic E-state index is 13.2. The van der Waals surface area contributed by atoms with Crippen LogP contribution in [-0.2, 0) is 16.0 Å². The van der Waals surface area contributed by atoms with Crippen LogP contribution in [0.1, 0.15) is 31.9 Å². The Morgan fingerprint density at radius 2 is 1.75 bits per heavy atom. The van der Waals surface area contributed by atoms with Gasteiger partial charge in [0, 0.05) is 17.8 Å². The Bertz CT molecular complexity index is 1020.